The molecule has 2 fully saturated rings. The molecule has 2 aliphatic rings. The number of ketones is 1. The summed E-state index contributed by atoms with van der Waals surface area (Å²) in [7, 11) is 0. The van der Waals surface area contributed by atoms with E-state index in [1.807, 2.05) is 20.8 Å². The molecule has 1 aromatic carbocycles. The number of carbonyl (C=O) groups excluding carboxylic acids is 3. The Bertz CT molecular complexity index is 950. The van der Waals surface area contributed by atoms with Gasteiger partial charge in [0.1, 0.15) is 0 Å². The predicted octanol–water partition coefficient (Wildman–Crippen LogP) is 7.28. The highest BCUT2D eigenvalue weighted by atomic mass is 16.6. The first-order valence-electron chi connectivity index (χ1n) is 14.9. The van der Waals surface area contributed by atoms with Crippen LogP contribution in [0.1, 0.15) is 122 Å². The monoisotopic (exact) mass is 527 g/mol. The fourth-order valence-corrected chi connectivity index (χ4v) is 5.19. The average molecular weight is 528 g/mol. The highest BCUT2D eigenvalue weighted by Crippen LogP contribution is 2.46. The molecular formula is C32H49NO5. The normalized spacial score (nSPS) is 22.1. The number of hydrogen-bond donors (Lipinski definition) is 1. The molecule has 6 heteroatoms. The third kappa shape index (κ3) is 10.5. The van der Waals surface area contributed by atoms with E-state index in [1.54, 1.807) is 18.2 Å². The zero-order valence-electron chi connectivity index (χ0n) is 24.3. The third-order valence-corrected chi connectivity index (χ3v) is 7.85. The highest BCUT2D eigenvalue weighted by molar-refractivity contribution is 5.98. The maximum Gasteiger partial charge on any atom is 0.311 e. The van der Waals surface area contributed by atoms with Crippen molar-refractivity contribution in [3.05, 3.63) is 23.8 Å². The van der Waals surface area contributed by atoms with Crippen LogP contribution < -0.4 is 14.8 Å². The van der Waals surface area contributed by atoms with Crippen LogP contribution in [0.15, 0.2) is 18.2 Å². The molecule has 3 rings (SSSR count). The molecule has 2 saturated carbocycles. The fourth-order valence-electron chi connectivity index (χ4n) is 5.19. The number of rotatable bonds is 17. The van der Waals surface area contributed by atoms with Gasteiger partial charge in [0.25, 0.3) is 0 Å². The smallest absolute Gasteiger partial charge is 0.311 e. The van der Waals surface area contributed by atoms with Crippen molar-refractivity contribution < 1.29 is 23.9 Å². The molecule has 2 aliphatic carbocycles. The average Bonchev–Trinajstić information content (AvgIpc) is 3.76. The SMILES string of the molecule is CCCCCC1CC1CC(=O)Oc1ccc(C(=O)CNC(C)(C)C)cc1OC(=O)CC1CC1CCCCC. The topological polar surface area (TPSA) is 81.7 Å². The summed E-state index contributed by atoms with van der Waals surface area (Å²) >= 11 is 0. The summed E-state index contributed by atoms with van der Waals surface area (Å²) in [5.41, 5.74) is 0.224. The van der Waals surface area contributed by atoms with Gasteiger partial charge in [-0.1, -0.05) is 65.2 Å². The second kappa shape index (κ2) is 14.3. The molecule has 6 nitrogen and oxygen atoms in total. The quantitative estimate of drug-likeness (QED) is 0.0992. The van der Waals surface area contributed by atoms with Gasteiger partial charge in [-0.2, -0.15) is 0 Å². The van der Waals surface area contributed by atoms with Crippen molar-refractivity contribution in [3.8, 4) is 11.5 Å². The van der Waals surface area contributed by atoms with Crippen molar-refractivity contribution in [2.75, 3.05) is 6.54 Å². The number of Topliss-reactive ketones (excluding diaryl/α,β-unsaturated/α-hetero) is 1. The van der Waals surface area contributed by atoms with Gasteiger partial charge in [0.15, 0.2) is 17.3 Å². The standard InChI is InChI=1S/C32H49NO5/c1-6-8-10-12-22-16-25(22)19-30(35)37-28-15-14-24(27(34)21-33-32(3,4)5)18-29(28)38-31(36)20-26-17-23(26)13-11-9-7-2/h14-15,18,22-23,25-26,33H,6-13,16-17,19-21H2,1-5H3. The van der Waals surface area contributed by atoms with Gasteiger partial charge in [-0.15, -0.1) is 0 Å². The van der Waals surface area contributed by atoms with E-state index in [1.165, 1.54) is 51.4 Å². The minimum absolute atomic E-state index is 0.110. The lowest BCUT2D eigenvalue weighted by atomic mass is 10.1. The van der Waals surface area contributed by atoms with E-state index in [4.69, 9.17) is 9.47 Å². The summed E-state index contributed by atoms with van der Waals surface area (Å²) in [6, 6.07) is 4.77. The summed E-state index contributed by atoms with van der Waals surface area (Å²) in [6.45, 7) is 10.6. The number of benzene rings is 1. The van der Waals surface area contributed by atoms with E-state index in [0.29, 0.717) is 42.1 Å². The van der Waals surface area contributed by atoms with Gasteiger partial charge in [-0.25, -0.2) is 0 Å². The van der Waals surface area contributed by atoms with Gasteiger partial charge in [0, 0.05) is 23.9 Å². The molecule has 38 heavy (non-hydrogen) atoms. The van der Waals surface area contributed by atoms with Crippen molar-refractivity contribution in [1.29, 1.82) is 0 Å². The van der Waals surface area contributed by atoms with E-state index >= 15 is 0 Å². The Balaban J connectivity index is 1.61. The van der Waals surface area contributed by atoms with Crippen LogP contribution in [0.3, 0.4) is 0 Å². The first-order chi connectivity index (χ1) is 18.1. The summed E-state index contributed by atoms with van der Waals surface area (Å²) < 4.78 is 11.4. The van der Waals surface area contributed by atoms with Gasteiger partial charge >= 0.3 is 11.9 Å². The number of carbonyl (C=O) groups is 3. The van der Waals surface area contributed by atoms with E-state index in [-0.39, 0.29) is 41.3 Å². The Morgan fingerprint density at radius 2 is 1.32 bits per heavy atom. The van der Waals surface area contributed by atoms with E-state index in [0.717, 1.165) is 12.8 Å². The summed E-state index contributed by atoms with van der Waals surface area (Å²) in [5, 5.41) is 3.20. The molecule has 0 spiro atoms. The molecule has 0 heterocycles. The minimum atomic E-state index is -0.333. The van der Waals surface area contributed by atoms with Crippen LogP contribution in [0.4, 0.5) is 0 Å². The first-order valence-corrected chi connectivity index (χ1v) is 14.9. The Morgan fingerprint density at radius 1 is 0.789 bits per heavy atom. The zero-order valence-corrected chi connectivity index (χ0v) is 24.3. The third-order valence-electron chi connectivity index (χ3n) is 7.85. The molecule has 4 unspecified atom stereocenters. The molecule has 0 aliphatic heterocycles. The van der Waals surface area contributed by atoms with Crippen molar-refractivity contribution in [2.24, 2.45) is 23.7 Å². The van der Waals surface area contributed by atoms with Crippen LogP contribution in [0, 0.1) is 23.7 Å². The summed E-state index contributed by atoms with van der Waals surface area (Å²) in [4.78, 5) is 38.3. The molecule has 1 aromatic rings. The van der Waals surface area contributed by atoms with E-state index in [2.05, 4.69) is 19.2 Å². The Morgan fingerprint density at radius 3 is 1.82 bits per heavy atom. The van der Waals surface area contributed by atoms with Gasteiger partial charge in [-0.05, 0) is 75.5 Å². The minimum Gasteiger partial charge on any atom is -0.423 e. The number of hydrogen-bond acceptors (Lipinski definition) is 6. The van der Waals surface area contributed by atoms with E-state index < -0.39 is 0 Å². The molecule has 0 aromatic heterocycles. The summed E-state index contributed by atoms with van der Waals surface area (Å²) in [6.07, 6.45) is 12.5. The molecule has 0 bridgehead atoms. The number of esters is 2. The lowest BCUT2D eigenvalue weighted by Gasteiger charge is -2.20. The van der Waals surface area contributed by atoms with Gasteiger partial charge in [-0.3, -0.25) is 14.4 Å². The molecule has 212 valence electrons. The molecule has 1 N–H and O–H groups in total. The van der Waals surface area contributed by atoms with Crippen LogP contribution in [0.2, 0.25) is 0 Å². The Hall–Kier alpha value is -2.21. The molecule has 0 radical (unpaired) electrons. The Labute approximate surface area is 229 Å². The molecular weight excluding hydrogens is 478 g/mol. The maximum absolute atomic E-state index is 12.8. The van der Waals surface area contributed by atoms with Crippen LogP contribution in [0.5, 0.6) is 11.5 Å². The fraction of sp³-hybridized carbons (Fsp3) is 0.719. The Kier molecular flexibility index (Phi) is 11.4. The zero-order chi connectivity index (χ0) is 27.7. The number of ether oxygens (including phenoxy) is 2. The van der Waals surface area contributed by atoms with Gasteiger partial charge in [0.2, 0.25) is 0 Å². The molecule has 4 atom stereocenters. The lowest BCUT2D eigenvalue weighted by Crippen LogP contribution is -2.39. The van der Waals surface area contributed by atoms with Crippen molar-refractivity contribution in [2.45, 2.75) is 117 Å². The maximum atomic E-state index is 12.8. The van der Waals surface area contributed by atoms with Crippen LogP contribution >= 0.6 is 0 Å². The highest BCUT2D eigenvalue weighted by Gasteiger charge is 2.39. The second-order valence-corrected chi connectivity index (χ2v) is 12.5. The van der Waals surface area contributed by atoms with Gasteiger partial charge < -0.3 is 14.8 Å². The largest absolute Gasteiger partial charge is 0.423 e. The van der Waals surface area contributed by atoms with Crippen molar-refractivity contribution in [1.82, 2.24) is 5.32 Å². The van der Waals surface area contributed by atoms with E-state index in [9.17, 15) is 14.4 Å². The first kappa shape index (κ1) is 30.3. The lowest BCUT2D eigenvalue weighted by molar-refractivity contribution is -0.137. The van der Waals surface area contributed by atoms with Gasteiger partial charge in [0.05, 0.1) is 6.54 Å². The van der Waals surface area contributed by atoms with Crippen molar-refractivity contribution >= 4 is 17.7 Å². The van der Waals surface area contributed by atoms with Crippen LogP contribution in [-0.4, -0.2) is 29.8 Å². The number of nitrogens with one attached hydrogen (secondary N) is 1. The molecule has 0 amide bonds. The predicted molar refractivity (Wildman–Crippen MR) is 151 cm³/mol. The van der Waals surface area contributed by atoms with Crippen LogP contribution in [-0.2, 0) is 9.59 Å². The van der Waals surface area contributed by atoms with Crippen LogP contribution in [0.25, 0.3) is 0 Å². The summed E-state index contributed by atoms with van der Waals surface area (Å²) in [5.74, 6) is 1.58. The second-order valence-electron chi connectivity index (χ2n) is 12.5. The van der Waals surface area contributed by atoms with Crippen molar-refractivity contribution in [3.63, 3.8) is 0 Å². The molecule has 0 saturated heterocycles. The number of unbranched alkanes of at least 4 members (excludes halogenated alkanes) is 4.